The van der Waals surface area contributed by atoms with Gasteiger partial charge in [0.25, 0.3) is 10.0 Å². The highest BCUT2D eigenvalue weighted by Gasteiger charge is 2.32. The number of esters is 1. The maximum absolute atomic E-state index is 12.9. The zero-order valence-electron chi connectivity index (χ0n) is 12.0. The van der Waals surface area contributed by atoms with Gasteiger partial charge in [-0.15, -0.1) is 0 Å². The molecular weight excluding hydrogens is 294 g/mol. The highest BCUT2D eigenvalue weighted by atomic mass is 32.2. The van der Waals surface area contributed by atoms with Gasteiger partial charge in [0.15, 0.2) is 6.73 Å². The summed E-state index contributed by atoms with van der Waals surface area (Å²) < 4.78 is 53.3. The number of carbonyl (C=O) groups excluding carboxylic acids is 1. The lowest BCUT2D eigenvalue weighted by Gasteiger charge is -2.24. The summed E-state index contributed by atoms with van der Waals surface area (Å²) in [6.07, 6.45) is 0.834. The summed E-state index contributed by atoms with van der Waals surface area (Å²) in [5.41, 5.74) is -0.783. The highest BCUT2D eigenvalue weighted by molar-refractivity contribution is 8.03. The Bertz CT molecular complexity index is 463. The molecule has 0 rings (SSSR count). The Balaban J connectivity index is 4.96. The first-order valence-electron chi connectivity index (χ1n) is 6.15. The van der Waals surface area contributed by atoms with Crippen LogP contribution in [0.15, 0.2) is 5.21 Å². The van der Waals surface area contributed by atoms with Crippen LogP contribution in [0.3, 0.4) is 0 Å². The molecule has 9 heteroatoms. The third-order valence-electron chi connectivity index (χ3n) is 2.87. The van der Waals surface area contributed by atoms with Gasteiger partial charge in [-0.25, -0.2) is 8.42 Å². The van der Waals surface area contributed by atoms with Crippen molar-refractivity contribution in [1.29, 1.82) is 0 Å². The van der Waals surface area contributed by atoms with Crippen LogP contribution in [-0.2, 0) is 19.6 Å². The molecule has 0 atom stereocenters. The Morgan fingerprint density at radius 2 is 1.90 bits per heavy atom. The van der Waals surface area contributed by atoms with Crippen LogP contribution >= 0.6 is 0 Å². The summed E-state index contributed by atoms with van der Waals surface area (Å²) in [6, 6.07) is 0. The second-order valence-electron chi connectivity index (χ2n) is 4.82. The molecule has 0 aromatic rings. The summed E-state index contributed by atoms with van der Waals surface area (Å²) in [7, 11) is -4.70. The maximum Gasteiger partial charge on any atom is 0.349 e. The average molecular weight is 314 g/mol. The Labute approximate surface area is 117 Å². The van der Waals surface area contributed by atoms with E-state index in [1.54, 1.807) is 27.7 Å². The van der Waals surface area contributed by atoms with Crippen molar-refractivity contribution in [3.63, 3.8) is 0 Å². The van der Waals surface area contributed by atoms with Crippen LogP contribution in [0.4, 0.5) is 8.87 Å². The number of carbonyl (C=O) groups is 1. The topological polar surface area (TPSA) is 76.0 Å². The molecule has 0 saturated carbocycles. The van der Waals surface area contributed by atoms with E-state index in [2.05, 4.69) is 0 Å². The van der Waals surface area contributed by atoms with E-state index in [1.165, 1.54) is 5.21 Å². The predicted molar refractivity (Wildman–Crippen MR) is 70.6 cm³/mol. The Morgan fingerprint density at radius 3 is 2.30 bits per heavy atom. The van der Waals surface area contributed by atoms with Crippen molar-refractivity contribution in [2.24, 2.45) is 10.6 Å². The normalized spacial score (nSPS) is 13.7. The van der Waals surface area contributed by atoms with Crippen LogP contribution < -0.4 is 0 Å². The van der Waals surface area contributed by atoms with Crippen molar-refractivity contribution in [3.05, 3.63) is 0 Å². The number of hydrogen-bond donors (Lipinski definition) is 0. The fourth-order valence-corrected chi connectivity index (χ4v) is 2.04. The number of nitrogens with zero attached hydrogens (tertiary/aromatic N) is 2. The van der Waals surface area contributed by atoms with Gasteiger partial charge in [-0.2, -0.15) is 8.70 Å². The van der Waals surface area contributed by atoms with Gasteiger partial charge in [-0.3, -0.25) is 4.79 Å². The monoisotopic (exact) mass is 314 g/mol. The van der Waals surface area contributed by atoms with Crippen molar-refractivity contribution < 1.29 is 26.8 Å². The number of hydrogen-bond acceptors (Lipinski definition) is 5. The molecule has 0 aliphatic heterocycles. The van der Waals surface area contributed by atoms with E-state index >= 15 is 0 Å². The van der Waals surface area contributed by atoms with E-state index in [0.29, 0.717) is 17.1 Å². The molecule has 0 aromatic carbocycles. The van der Waals surface area contributed by atoms with E-state index in [9.17, 15) is 22.1 Å². The molecule has 0 N–H and O–H groups in total. The summed E-state index contributed by atoms with van der Waals surface area (Å²) in [4.78, 5) is 11.7. The lowest BCUT2D eigenvalue weighted by molar-refractivity contribution is -0.157. The van der Waals surface area contributed by atoms with Crippen molar-refractivity contribution in [3.8, 4) is 0 Å². The van der Waals surface area contributed by atoms with Gasteiger partial charge >= 0.3 is 11.3 Å². The standard InChI is InChI=1S/C11H20F2N2O4S/c1-5-7-15(20(17,18)10(12)14-13)8-19-9(16)11(3,4)6-2/h5-8H2,1-4H3. The highest BCUT2D eigenvalue weighted by Crippen LogP contribution is 2.21. The molecule has 118 valence electrons. The Hall–Kier alpha value is -1.09. The fraction of sp³-hybridized carbons (Fsp3) is 0.818. The molecule has 0 bridgehead atoms. The lowest BCUT2D eigenvalue weighted by Crippen LogP contribution is -2.39. The summed E-state index contributed by atoms with van der Waals surface area (Å²) >= 11 is 0. The number of ether oxygens (including phenoxy) is 1. The SMILES string of the molecule is CCCN(COC(=O)C(C)(C)CC)S(=O)(=O)C(F)=NF. The van der Waals surface area contributed by atoms with E-state index in [1.807, 2.05) is 0 Å². The van der Waals surface area contributed by atoms with E-state index in [4.69, 9.17) is 4.74 Å². The van der Waals surface area contributed by atoms with Gasteiger partial charge in [0.1, 0.15) is 0 Å². The van der Waals surface area contributed by atoms with Gasteiger partial charge < -0.3 is 4.74 Å². The number of halogens is 2. The second-order valence-corrected chi connectivity index (χ2v) is 6.62. The predicted octanol–water partition coefficient (Wildman–Crippen LogP) is 2.18. The summed E-state index contributed by atoms with van der Waals surface area (Å²) in [5.74, 6) is -0.617. The minimum Gasteiger partial charge on any atom is -0.448 e. The van der Waals surface area contributed by atoms with E-state index in [0.717, 1.165) is 0 Å². The van der Waals surface area contributed by atoms with E-state index < -0.39 is 33.4 Å². The maximum atomic E-state index is 12.9. The summed E-state index contributed by atoms with van der Waals surface area (Å²) in [6.45, 7) is 5.89. The molecule has 6 nitrogen and oxygen atoms in total. The lowest BCUT2D eigenvalue weighted by atomic mass is 9.91. The zero-order chi connectivity index (χ0) is 16.0. The molecule has 0 aromatic heterocycles. The van der Waals surface area contributed by atoms with Gasteiger partial charge in [0, 0.05) is 6.54 Å². The summed E-state index contributed by atoms with van der Waals surface area (Å²) in [5, 5.41) is -0.621. The van der Waals surface area contributed by atoms with Crippen molar-refractivity contribution in [2.75, 3.05) is 13.3 Å². The largest absolute Gasteiger partial charge is 0.448 e. The molecule has 0 heterocycles. The molecular formula is C11H20F2N2O4S. The van der Waals surface area contributed by atoms with Crippen LogP contribution in [0.5, 0.6) is 0 Å². The molecule has 0 aliphatic carbocycles. The quantitative estimate of drug-likeness (QED) is 0.312. The van der Waals surface area contributed by atoms with Gasteiger partial charge in [0.2, 0.25) is 0 Å². The fourth-order valence-electron chi connectivity index (χ4n) is 1.12. The molecule has 0 saturated heterocycles. The van der Waals surface area contributed by atoms with Crippen LogP contribution in [0.2, 0.25) is 0 Å². The number of sulfonamides is 1. The second kappa shape index (κ2) is 7.63. The molecule has 0 spiro atoms. The minimum atomic E-state index is -4.70. The first kappa shape index (κ1) is 18.9. The van der Waals surface area contributed by atoms with Crippen molar-refractivity contribution >= 4 is 21.3 Å². The molecule has 20 heavy (non-hydrogen) atoms. The van der Waals surface area contributed by atoms with Gasteiger partial charge in [-0.05, 0) is 31.9 Å². The third-order valence-corrected chi connectivity index (χ3v) is 4.33. The van der Waals surface area contributed by atoms with Gasteiger partial charge in [-0.1, -0.05) is 18.3 Å². The smallest absolute Gasteiger partial charge is 0.349 e. The van der Waals surface area contributed by atoms with Crippen LogP contribution in [-0.4, -0.2) is 37.3 Å². The van der Waals surface area contributed by atoms with Gasteiger partial charge in [0.05, 0.1) is 5.41 Å². The number of rotatable bonds is 7. The van der Waals surface area contributed by atoms with Crippen LogP contribution in [0, 0.1) is 5.41 Å². The molecule has 0 amide bonds. The van der Waals surface area contributed by atoms with Crippen molar-refractivity contribution in [1.82, 2.24) is 4.31 Å². The Kier molecular flexibility index (Phi) is 7.21. The Morgan fingerprint density at radius 1 is 1.35 bits per heavy atom. The van der Waals surface area contributed by atoms with Crippen LogP contribution in [0.1, 0.15) is 40.5 Å². The third kappa shape index (κ3) is 4.78. The molecule has 0 radical (unpaired) electrons. The first-order valence-corrected chi connectivity index (χ1v) is 7.59. The zero-order valence-corrected chi connectivity index (χ0v) is 12.8. The van der Waals surface area contributed by atoms with E-state index in [-0.39, 0.29) is 6.54 Å². The van der Waals surface area contributed by atoms with Crippen LogP contribution in [0.25, 0.3) is 0 Å². The average Bonchev–Trinajstić information content (AvgIpc) is 2.41. The molecule has 0 unspecified atom stereocenters. The first-order chi connectivity index (χ1) is 9.13. The molecule has 0 fully saturated rings. The molecule has 0 aliphatic rings. The minimum absolute atomic E-state index is 0.120. The van der Waals surface area contributed by atoms with Crippen molar-refractivity contribution in [2.45, 2.75) is 40.5 Å².